The number of pyridine rings is 1. The standard InChI is InChI=1S/C18H18N4O/c23-15-5-3-9-22(12-15)17-7-8-19-18(21-17)14-10-13-4-1-2-6-16(13)20-11-14/h1-2,4,6-8,10-11,15,23H,3,5,9,12H2. The molecule has 0 bridgehead atoms. The molecule has 1 atom stereocenters. The van der Waals surface area contributed by atoms with E-state index in [-0.39, 0.29) is 6.10 Å². The first-order chi connectivity index (χ1) is 11.3. The number of aliphatic hydroxyl groups excluding tert-OH is 1. The average Bonchev–Trinajstić information content (AvgIpc) is 2.61. The molecule has 1 unspecified atom stereocenters. The van der Waals surface area contributed by atoms with Crippen molar-refractivity contribution in [2.24, 2.45) is 0 Å². The lowest BCUT2D eigenvalue weighted by Gasteiger charge is -2.31. The second-order valence-corrected chi connectivity index (χ2v) is 5.90. The summed E-state index contributed by atoms with van der Waals surface area (Å²) in [5, 5.41) is 10.9. The quantitative estimate of drug-likeness (QED) is 0.788. The van der Waals surface area contributed by atoms with E-state index in [2.05, 4.69) is 25.9 Å². The number of hydrogen-bond acceptors (Lipinski definition) is 5. The first-order valence-corrected chi connectivity index (χ1v) is 7.91. The van der Waals surface area contributed by atoms with Gasteiger partial charge in [0, 0.05) is 36.4 Å². The van der Waals surface area contributed by atoms with Crippen LogP contribution in [0.5, 0.6) is 0 Å². The van der Waals surface area contributed by atoms with Crippen LogP contribution < -0.4 is 4.90 Å². The number of nitrogens with zero attached hydrogens (tertiary/aromatic N) is 4. The summed E-state index contributed by atoms with van der Waals surface area (Å²) in [6, 6.07) is 12.0. The van der Waals surface area contributed by atoms with Crippen molar-refractivity contribution in [3.05, 3.63) is 48.8 Å². The third kappa shape index (κ3) is 2.87. The lowest BCUT2D eigenvalue weighted by molar-refractivity contribution is 0.154. The molecule has 5 nitrogen and oxygen atoms in total. The number of benzene rings is 1. The summed E-state index contributed by atoms with van der Waals surface area (Å²) in [4.78, 5) is 15.7. The van der Waals surface area contributed by atoms with Gasteiger partial charge in [0.15, 0.2) is 5.82 Å². The minimum absolute atomic E-state index is 0.274. The Morgan fingerprint density at radius 1 is 1.13 bits per heavy atom. The van der Waals surface area contributed by atoms with Gasteiger partial charge in [-0.1, -0.05) is 18.2 Å². The molecule has 1 aliphatic rings. The van der Waals surface area contributed by atoms with Crippen LogP contribution in [0.2, 0.25) is 0 Å². The third-order valence-electron chi connectivity index (χ3n) is 4.21. The van der Waals surface area contributed by atoms with Crippen molar-refractivity contribution in [2.45, 2.75) is 18.9 Å². The predicted molar refractivity (Wildman–Crippen MR) is 90.2 cm³/mol. The highest BCUT2D eigenvalue weighted by Gasteiger charge is 2.19. The molecule has 0 saturated carbocycles. The summed E-state index contributed by atoms with van der Waals surface area (Å²) < 4.78 is 0. The van der Waals surface area contributed by atoms with Gasteiger partial charge in [-0.25, -0.2) is 9.97 Å². The zero-order valence-corrected chi connectivity index (χ0v) is 12.8. The number of β-amino-alcohol motifs (C(OH)–C–C–N with tert-alkyl or cyclic N) is 1. The Morgan fingerprint density at radius 3 is 2.96 bits per heavy atom. The summed E-state index contributed by atoms with van der Waals surface area (Å²) in [6.45, 7) is 1.55. The van der Waals surface area contributed by atoms with E-state index in [9.17, 15) is 5.11 Å². The summed E-state index contributed by atoms with van der Waals surface area (Å²) in [6.07, 6.45) is 5.16. The van der Waals surface area contributed by atoms with E-state index in [1.54, 1.807) is 6.20 Å². The van der Waals surface area contributed by atoms with E-state index in [1.807, 2.05) is 36.5 Å². The van der Waals surface area contributed by atoms with E-state index in [4.69, 9.17) is 0 Å². The van der Waals surface area contributed by atoms with Gasteiger partial charge in [0.1, 0.15) is 5.82 Å². The Bertz CT molecular complexity index is 836. The second kappa shape index (κ2) is 5.93. The number of piperidine rings is 1. The first-order valence-electron chi connectivity index (χ1n) is 7.91. The van der Waals surface area contributed by atoms with Crippen LogP contribution in [0.4, 0.5) is 5.82 Å². The smallest absolute Gasteiger partial charge is 0.163 e. The normalized spacial score (nSPS) is 18.3. The first kappa shape index (κ1) is 14.1. The Balaban J connectivity index is 1.69. The van der Waals surface area contributed by atoms with Crippen LogP contribution in [0.15, 0.2) is 48.8 Å². The van der Waals surface area contributed by atoms with Gasteiger partial charge in [-0.15, -0.1) is 0 Å². The summed E-state index contributed by atoms with van der Waals surface area (Å²) in [7, 11) is 0. The lowest BCUT2D eigenvalue weighted by atomic mass is 10.1. The monoisotopic (exact) mass is 306 g/mol. The van der Waals surface area contributed by atoms with Gasteiger partial charge in [-0.2, -0.15) is 0 Å². The van der Waals surface area contributed by atoms with Crippen LogP contribution in [0.1, 0.15) is 12.8 Å². The summed E-state index contributed by atoms with van der Waals surface area (Å²) in [5.74, 6) is 1.53. The zero-order valence-electron chi connectivity index (χ0n) is 12.8. The van der Waals surface area contributed by atoms with Crippen LogP contribution in [0.3, 0.4) is 0 Å². The molecule has 0 spiro atoms. The lowest BCUT2D eigenvalue weighted by Crippen LogP contribution is -2.38. The van der Waals surface area contributed by atoms with E-state index < -0.39 is 0 Å². The second-order valence-electron chi connectivity index (χ2n) is 5.90. The molecule has 2 aromatic heterocycles. The number of hydrogen-bond donors (Lipinski definition) is 1. The molecule has 0 amide bonds. The zero-order chi connectivity index (χ0) is 15.6. The Kier molecular flexibility index (Phi) is 3.63. The van der Waals surface area contributed by atoms with E-state index in [1.165, 1.54) is 0 Å². The number of anilines is 1. The number of fused-ring (bicyclic) bond motifs is 1. The van der Waals surface area contributed by atoms with Crippen molar-refractivity contribution in [1.82, 2.24) is 15.0 Å². The molecular weight excluding hydrogens is 288 g/mol. The molecule has 5 heteroatoms. The average molecular weight is 306 g/mol. The highest BCUT2D eigenvalue weighted by Crippen LogP contribution is 2.23. The van der Waals surface area contributed by atoms with Crippen molar-refractivity contribution < 1.29 is 5.11 Å². The van der Waals surface area contributed by atoms with Crippen LogP contribution in [-0.4, -0.2) is 39.3 Å². The molecule has 1 saturated heterocycles. The highest BCUT2D eigenvalue weighted by atomic mass is 16.3. The maximum Gasteiger partial charge on any atom is 0.163 e. The Morgan fingerprint density at radius 2 is 2.04 bits per heavy atom. The molecule has 1 fully saturated rings. The number of para-hydroxylation sites is 1. The molecule has 1 N–H and O–H groups in total. The summed E-state index contributed by atoms with van der Waals surface area (Å²) in [5.41, 5.74) is 1.87. The molecule has 116 valence electrons. The molecular formula is C18H18N4O. The van der Waals surface area contributed by atoms with Gasteiger partial charge < -0.3 is 10.0 Å². The number of aliphatic hydroxyl groups is 1. The minimum atomic E-state index is -0.274. The van der Waals surface area contributed by atoms with Crippen LogP contribution in [0.25, 0.3) is 22.3 Å². The minimum Gasteiger partial charge on any atom is -0.391 e. The maximum atomic E-state index is 9.85. The molecule has 1 aromatic carbocycles. The van der Waals surface area contributed by atoms with Crippen molar-refractivity contribution in [1.29, 1.82) is 0 Å². The Labute approximate surface area is 134 Å². The molecule has 0 aliphatic carbocycles. The fourth-order valence-corrected chi connectivity index (χ4v) is 3.02. The third-order valence-corrected chi connectivity index (χ3v) is 4.21. The largest absolute Gasteiger partial charge is 0.391 e. The molecule has 3 heterocycles. The highest BCUT2D eigenvalue weighted by molar-refractivity contribution is 5.82. The molecule has 1 aliphatic heterocycles. The van der Waals surface area contributed by atoms with E-state index >= 15 is 0 Å². The van der Waals surface area contributed by atoms with Gasteiger partial charge in [-0.3, -0.25) is 4.98 Å². The van der Waals surface area contributed by atoms with Gasteiger partial charge in [0.05, 0.1) is 11.6 Å². The van der Waals surface area contributed by atoms with Crippen LogP contribution in [0, 0.1) is 0 Å². The van der Waals surface area contributed by atoms with Gasteiger partial charge in [0.25, 0.3) is 0 Å². The molecule has 0 radical (unpaired) electrons. The van der Waals surface area contributed by atoms with Crippen molar-refractivity contribution in [3.8, 4) is 11.4 Å². The van der Waals surface area contributed by atoms with E-state index in [0.717, 1.165) is 41.7 Å². The SMILES string of the molecule is OC1CCCN(c2ccnc(-c3cnc4ccccc4c3)n2)C1. The van der Waals surface area contributed by atoms with E-state index in [0.29, 0.717) is 12.4 Å². The number of rotatable bonds is 2. The summed E-state index contributed by atoms with van der Waals surface area (Å²) >= 11 is 0. The molecule has 4 rings (SSSR count). The molecule has 3 aromatic rings. The Hall–Kier alpha value is -2.53. The fourth-order valence-electron chi connectivity index (χ4n) is 3.02. The van der Waals surface area contributed by atoms with Crippen LogP contribution in [-0.2, 0) is 0 Å². The van der Waals surface area contributed by atoms with Crippen molar-refractivity contribution >= 4 is 16.7 Å². The topological polar surface area (TPSA) is 62.1 Å². The fraction of sp³-hybridized carbons (Fsp3) is 0.278. The predicted octanol–water partition coefficient (Wildman–Crippen LogP) is 2.65. The van der Waals surface area contributed by atoms with Gasteiger partial charge >= 0.3 is 0 Å². The van der Waals surface area contributed by atoms with Gasteiger partial charge in [-0.05, 0) is 31.0 Å². The number of aromatic nitrogens is 3. The van der Waals surface area contributed by atoms with Crippen molar-refractivity contribution in [3.63, 3.8) is 0 Å². The van der Waals surface area contributed by atoms with Crippen molar-refractivity contribution in [2.75, 3.05) is 18.0 Å². The van der Waals surface area contributed by atoms with Crippen LogP contribution >= 0.6 is 0 Å². The molecule has 23 heavy (non-hydrogen) atoms. The maximum absolute atomic E-state index is 9.85. The van der Waals surface area contributed by atoms with Gasteiger partial charge in [0.2, 0.25) is 0 Å².